The molecule has 0 spiro atoms. The Morgan fingerprint density at radius 2 is 1.94 bits per heavy atom. The first-order chi connectivity index (χ1) is 14.7. The lowest BCUT2D eigenvalue weighted by atomic mass is 9.64. The number of rotatable bonds is 7. The smallest absolute Gasteiger partial charge is 0.136 e. The molecule has 3 aliphatic carbocycles. The van der Waals surface area contributed by atoms with Crippen LogP contribution in [0.3, 0.4) is 0 Å². The van der Waals surface area contributed by atoms with Gasteiger partial charge in [-0.3, -0.25) is 4.79 Å². The zero-order valence-corrected chi connectivity index (χ0v) is 20.5. The van der Waals surface area contributed by atoms with Gasteiger partial charge in [-0.05, 0) is 55.1 Å². The van der Waals surface area contributed by atoms with Crippen molar-refractivity contribution in [1.29, 1.82) is 0 Å². The first-order valence-electron chi connectivity index (χ1n) is 12.6. The standard InChI is InChI=1S/C28H44O3/c1-6-7-8-9-14-28(15-10-11-16-28)21-18-24(30)26(25(19-21)31-5)20-12-13-22(23(29)17-20)27(2,3)4/h9,14,18-20,22,24,26,30H,6-8,10-13,15-17H2,1-5H3/b14-9-/t20-,22-,24?,26?/m0/s1. The quantitative estimate of drug-likeness (QED) is 0.359. The highest BCUT2D eigenvalue weighted by atomic mass is 16.5. The molecule has 0 aliphatic heterocycles. The number of hydrogen-bond donors (Lipinski definition) is 1. The molecule has 3 rings (SSSR count). The van der Waals surface area contributed by atoms with Crippen molar-refractivity contribution in [2.45, 2.75) is 98.0 Å². The summed E-state index contributed by atoms with van der Waals surface area (Å²) < 4.78 is 5.86. The zero-order chi connectivity index (χ0) is 22.6. The van der Waals surface area contributed by atoms with Crippen LogP contribution in [0.25, 0.3) is 0 Å². The maximum absolute atomic E-state index is 12.9. The largest absolute Gasteiger partial charge is 0.501 e. The van der Waals surface area contributed by atoms with E-state index in [9.17, 15) is 9.90 Å². The fourth-order valence-electron chi connectivity index (χ4n) is 6.22. The molecule has 3 aliphatic rings. The van der Waals surface area contributed by atoms with Crippen LogP contribution in [0, 0.1) is 28.6 Å². The number of ketones is 1. The average Bonchev–Trinajstić information content (AvgIpc) is 3.19. The number of ether oxygens (including phenoxy) is 1. The number of Topliss-reactive ketones (excluding diaryl/α,β-unsaturated/α-hetero) is 1. The molecule has 0 heterocycles. The molecule has 3 nitrogen and oxygen atoms in total. The average molecular weight is 429 g/mol. The van der Waals surface area contributed by atoms with E-state index in [4.69, 9.17) is 4.74 Å². The molecule has 31 heavy (non-hydrogen) atoms. The summed E-state index contributed by atoms with van der Waals surface area (Å²) in [6, 6.07) is 0. The van der Waals surface area contributed by atoms with Gasteiger partial charge in [-0.15, -0.1) is 0 Å². The first kappa shape index (κ1) is 24.3. The summed E-state index contributed by atoms with van der Waals surface area (Å²) in [6.45, 7) is 8.72. The molecule has 0 saturated heterocycles. The van der Waals surface area contributed by atoms with Gasteiger partial charge in [0.2, 0.25) is 0 Å². The van der Waals surface area contributed by atoms with Crippen LogP contribution in [0.1, 0.15) is 91.9 Å². The highest BCUT2D eigenvalue weighted by Gasteiger charge is 2.44. The van der Waals surface area contributed by atoms with Gasteiger partial charge in [0.05, 0.1) is 13.2 Å². The number of aliphatic hydroxyl groups excluding tert-OH is 1. The summed E-state index contributed by atoms with van der Waals surface area (Å²) in [5.41, 5.74) is 1.26. The second-order valence-electron chi connectivity index (χ2n) is 11.2. The number of hydrogen-bond acceptors (Lipinski definition) is 3. The molecule has 0 aromatic rings. The molecular weight excluding hydrogens is 384 g/mol. The van der Waals surface area contributed by atoms with Crippen molar-refractivity contribution in [3.8, 4) is 0 Å². The Hall–Kier alpha value is -1.35. The lowest BCUT2D eigenvalue weighted by molar-refractivity contribution is -0.131. The fourth-order valence-corrected chi connectivity index (χ4v) is 6.22. The number of unbranched alkanes of at least 4 members (excludes halogenated alkanes) is 2. The molecule has 2 fully saturated rings. The minimum Gasteiger partial charge on any atom is -0.501 e. The second kappa shape index (κ2) is 10.1. The van der Waals surface area contributed by atoms with Gasteiger partial charge in [-0.2, -0.15) is 0 Å². The van der Waals surface area contributed by atoms with Crippen LogP contribution in [0.15, 0.2) is 35.6 Å². The van der Waals surface area contributed by atoms with Gasteiger partial charge in [-0.25, -0.2) is 0 Å². The van der Waals surface area contributed by atoms with E-state index in [2.05, 4.69) is 52.0 Å². The van der Waals surface area contributed by atoms with Crippen LogP contribution in [0.4, 0.5) is 0 Å². The Labute approximate surface area is 190 Å². The van der Waals surface area contributed by atoms with Crippen molar-refractivity contribution in [3.05, 3.63) is 35.6 Å². The summed E-state index contributed by atoms with van der Waals surface area (Å²) in [7, 11) is 1.72. The Bertz CT molecular complexity index is 715. The van der Waals surface area contributed by atoms with Crippen molar-refractivity contribution in [1.82, 2.24) is 0 Å². The van der Waals surface area contributed by atoms with Crippen molar-refractivity contribution in [3.63, 3.8) is 0 Å². The van der Waals surface area contributed by atoms with Crippen molar-refractivity contribution < 1.29 is 14.6 Å². The monoisotopic (exact) mass is 428 g/mol. The van der Waals surface area contributed by atoms with Gasteiger partial charge in [0.15, 0.2) is 0 Å². The van der Waals surface area contributed by atoms with Gasteiger partial charge >= 0.3 is 0 Å². The summed E-state index contributed by atoms with van der Waals surface area (Å²) in [5, 5.41) is 11.3. The number of methoxy groups -OCH3 is 1. The van der Waals surface area contributed by atoms with Crippen LogP contribution in [-0.2, 0) is 9.53 Å². The van der Waals surface area contributed by atoms with Crippen molar-refractivity contribution in [2.24, 2.45) is 28.6 Å². The molecule has 0 bridgehead atoms. The molecule has 174 valence electrons. The third kappa shape index (κ3) is 5.35. The highest BCUT2D eigenvalue weighted by molar-refractivity contribution is 5.82. The van der Waals surface area contributed by atoms with Gasteiger partial charge in [0.1, 0.15) is 11.5 Å². The summed E-state index contributed by atoms with van der Waals surface area (Å²) in [4.78, 5) is 12.9. The van der Waals surface area contributed by atoms with Crippen molar-refractivity contribution in [2.75, 3.05) is 7.11 Å². The summed E-state index contributed by atoms with van der Waals surface area (Å²) in [5.74, 6) is 1.39. The number of allylic oxidation sites excluding steroid dienone is 4. The molecule has 2 unspecified atom stereocenters. The van der Waals surface area contributed by atoms with Gasteiger partial charge in [0.25, 0.3) is 0 Å². The zero-order valence-electron chi connectivity index (χ0n) is 20.5. The summed E-state index contributed by atoms with van der Waals surface area (Å²) >= 11 is 0. The van der Waals surface area contributed by atoms with Crippen LogP contribution >= 0.6 is 0 Å². The minimum absolute atomic E-state index is 0.0131. The van der Waals surface area contributed by atoms with Gasteiger partial charge in [-0.1, -0.05) is 71.6 Å². The number of aliphatic hydroxyl groups is 1. The van der Waals surface area contributed by atoms with E-state index in [0.29, 0.717) is 12.2 Å². The maximum atomic E-state index is 12.9. The molecule has 1 N–H and O–H groups in total. The van der Waals surface area contributed by atoms with E-state index in [1.54, 1.807) is 7.11 Å². The first-order valence-corrected chi connectivity index (χ1v) is 12.6. The van der Waals surface area contributed by atoms with Crippen LogP contribution in [-0.4, -0.2) is 24.1 Å². The topological polar surface area (TPSA) is 46.5 Å². The Kier molecular flexibility index (Phi) is 7.89. The Balaban J connectivity index is 1.80. The fraction of sp³-hybridized carbons (Fsp3) is 0.750. The minimum atomic E-state index is -0.583. The molecule has 0 aromatic heterocycles. The highest BCUT2D eigenvalue weighted by Crippen LogP contribution is 2.50. The van der Waals surface area contributed by atoms with E-state index in [1.807, 2.05) is 0 Å². The summed E-state index contributed by atoms with van der Waals surface area (Å²) in [6.07, 6.45) is 19.2. The number of carbonyl (C=O) groups is 1. The normalized spacial score (nSPS) is 31.6. The van der Waals surface area contributed by atoms with Gasteiger partial charge < -0.3 is 9.84 Å². The predicted octanol–water partition coefficient (Wildman–Crippen LogP) is 6.77. The van der Waals surface area contributed by atoms with E-state index >= 15 is 0 Å². The third-order valence-corrected chi connectivity index (χ3v) is 8.04. The Morgan fingerprint density at radius 3 is 2.52 bits per heavy atom. The lowest BCUT2D eigenvalue weighted by Gasteiger charge is -2.41. The Morgan fingerprint density at radius 1 is 1.23 bits per heavy atom. The molecule has 0 amide bonds. The van der Waals surface area contributed by atoms with E-state index in [1.165, 1.54) is 31.3 Å². The molecule has 2 saturated carbocycles. The van der Waals surface area contributed by atoms with Crippen LogP contribution in [0.5, 0.6) is 0 Å². The van der Waals surface area contributed by atoms with E-state index < -0.39 is 6.10 Å². The van der Waals surface area contributed by atoms with E-state index in [0.717, 1.165) is 37.9 Å². The SMILES string of the molecule is CCCC/C=C\C1(C2=CC(O)C([C@H]3CC[C@H](C(C)(C)C)C(=O)C3)C(OC)=C2)CCCC1. The van der Waals surface area contributed by atoms with E-state index in [-0.39, 0.29) is 28.6 Å². The van der Waals surface area contributed by atoms with Crippen LogP contribution < -0.4 is 0 Å². The van der Waals surface area contributed by atoms with Crippen LogP contribution in [0.2, 0.25) is 0 Å². The van der Waals surface area contributed by atoms with Gasteiger partial charge in [0, 0.05) is 23.7 Å². The lowest BCUT2D eigenvalue weighted by Crippen LogP contribution is -2.40. The third-order valence-electron chi connectivity index (χ3n) is 8.04. The molecule has 0 radical (unpaired) electrons. The predicted molar refractivity (Wildman–Crippen MR) is 128 cm³/mol. The van der Waals surface area contributed by atoms with Crippen molar-refractivity contribution >= 4 is 5.78 Å². The molecule has 4 atom stereocenters. The maximum Gasteiger partial charge on any atom is 0.136 e. The molecule has 0 aromatic carbocycles. The molecule has 3 heteroatoms. The number of carbonyl (C=O) groups excluding carboxylic acids is 1. The molecular formula is C28H44O3. The second-order valence-corrected chi connectivity index (χ2v) is 11.2.